The number of amides is 4. The molecule has 1 aliphatic rings. The fourth-order valence-electron chi connectivity index (χ4n) is 4.98. The summed E-state index contributed by atoms with van der Waals surface area (Å²) in [6.45, 7) is 18.0. The molecule has 1 rings (SSSR count). The largest absolute Gasteiger partial charge is 0.480 e. The van der Waals surface area contributed by atoms with Crippen molar-refractivity contribution in [3.05, 3.63) is 0 Å². The number of rotatable bonds is 16. The van der Waals surface area contributed by atoms with E-state index in [2.05, 4.69) is 47.4 Å². The van der Waals surface area contributed by atoms with E-state index in [0.29, 0.717) is 31.8 Å². The topological polar surface area (TPSA) is 166 Å². The number of nitrogens with one attached hydrogen (secondary N) is 5. The van der Waals surface area contributed by atoms with Crippen molar-refractivity contribution in [3.8, 4) is 0 Å². The minimum Gasteiger partial charge on any atom is -0.480 e. The van der Waals surface area contributed by atoms with E-state index < -0.39 is 35.9 Å². The molecule has 0 spiro atoms. The third-order valence-electron chi connectivity index (χ3n) is 7.39. The van der Waals surface area contributed by atoms with Crippen molar-refractivity contribution in [1.82, 2.24) is 26.6 Å². The Kier molecular flexibility index (Phi) is 15.0. The molecule has 0 aliphatic heterocycles. The monoisotopic (exact) mass is 595 g/mol. The number of unbranched alkanes of at least 4 members (excludes halogenated alkanes) is 1. The second kappa shape index (κ2) is 16.8. The van der Waals surface area contributed by atoms with Crippen molar-refractivity contribution >= 4 is 29.6 Å². The summed E-state index contributed by atoms with van der Waals surface area (Å²) in [5.74, 6) is -2.71. The third kappa shape index (κ3) is 15.0. The standard InChI is InChI=1S/C31H57N5O6/c1-19(2)25(35-24(37)15-16-30(4,5)6)28(40)33-20(3)26(38)34-23(29(41)42)12-10-11-17-32-27(39)21-13-14-22(18-21)36-31(7,8)9/h19-23,25,36H,10-18H2,1-9H3,(H,32,39)(H,33,40)(H,34,38)(H,35,37)(H,41,42)/t20-,21+,22-,23-,25-/m0/s1. The highest BCUT2D eigenvalue weighted by Crippen LogP contribution is 2.27. The van der Waals surface area contributed by atoms with Crippen LogP contribution in [-0.4, -0.2) is 71.0 Å². The zero-order valence-electron chi connectivity index (χ0n) is 27.3. The van der Waals surface area contributed by atoms with E-state index in [4.69, 9.17) is 0 Å². The highest BCUT2D eigenvalue weighted by atomic mass is 16.4. The molecule has 0 saturated heterocycles. The van der Waals surface area contributed by atoms with Crippen molar-refractivity contribution < 1.29 is 29.1 Å². The van der Waals surface area contributed by atoms with Crippen molar-refractivity contribution in [3.63, 3.8) is 0 Å². The third-order valence-corrected chi connectivity index (χ3v) is 7.39. The van der Waals surface area contributed by atoms with E-state index in [-0.39, 0.29) is 47.4 Å². The summed E-state index contributed by atoms with van der Waals surface area (Å²) in [6.07, 6.45) is 4.86. The Bertz CT molecular complexity index is 924. The number of carbonyl (C=O) groups excluding carboxylic acids is 4. The summed E-state index contributed by atoms with van der Waals surface area (Å²) >= 11 is 0. The van der Waals surface area contributed by atoms with E-state index in [1.54, 1.807) is 13.8 Å². The summed E-state index contributed by atoms with van der Waals surface area (Å²) in [6, 6.07) is -2.59. The van der Waals surface area contributed by atoms with Gasteiger partial charge in [0.15, 0.2) is 0 Å². The highest BCUT2D eigenvalue weighted by molar-refractivity contribution is 5.93. The number of carbonyl (C=O) groups is 5. The Morgan fingerprint density at radius 1 is 0.857 bits per heavy atom. The number of carboxylic acid groups (broad SMARTS) is 1. The van der Waals surface area contributed by atoms with Gasteiger partial charge in [0.05, 0.1) is 0 Å². The van der Waals surface area contributed by atoms with Gasteiger partial charge in [-0.3, -0.25) is 19.2 Å². The minimum absolute atomic E-state index is 0.00933. The van der Waals surface area contributed by atoms with Crippen molar-refractivity contribution in [2.24, 2.45) is 17.3 Å². The zero-order chi connectivity index (χ0) is 32.3. The molecule has 0 aromatic heterocycles. The summed E-state index contributed by atoms with van der Waals surface area (Å²) in [5, 5.41) is 24.0. The first-order valence-corrected chi connectivity index (χ1v) is 15.5. The second-order valence-electron chi connectivity index (χ2n) is 14.4. The fourth-order valence-corrected chi connectivity index (χ4v) is 4.98. The van der Waals surface area contributed by atoms with Gasteiger partial charge >= 0.3 is 5.97 Å². The molecule has 0 bridgehead atoms. The van der Waals surface area contributed by atoms with Gasteiger partial charge in [-0.2, -0.15) is 0 Å². The first kappa shape index (κ1) is 37.3. The van der Waals surface area contributed by atoms with E-state index in [9.17, 15) is 29.1 Å². The van der Waals surface area contributed by atoms with Crippen LogP contribution in [-0.2, 0) is 24.0 Å². The molecule has 42 heavy (non-hydrogen) atoms. The van der Waals surface area contributed by atoms with E-state index >= 15 is 0 Å². The average Bonchev–Trinajstić information content (AvgIpc) is 3.30. The lowest BCUT2D eigenvalue weighted by Gasteiger charge is -2.25. The zero-order valence-corrected chi connectivity index (χ0v) is 27.3. The lowest BCUT2D eigenvalue weighted by Crippen LogP contribution is -2.56. The van der Waals surface area contributed by atoms with Gasteiger partial charge in [-0.1, -0.05) is 34.6 Å². The summed E-state index contributed by atoms with van der Waals surface area (Å²) in [4.78, 5) is 62.3. The van der Waals surface area contributed by atoms with Crippen LogP contribution in [0.15, 0.2) is 0 Å². The van der Waals surface area contributed by atoms with Crippen LogP contribution in [0.4, 0.5) is 0 Å². The molecule has 1 fully saturated rings. The van der Waals surface area contributed by atoms with Crippen LogP contribution < -0.4 is 26.6 Å². The molecule has 1 saturated carbocycles. The minimum atomic E-state index is -1.17. The van der Waals surface area contributed by atoms with Crippen molar-refractivity contribution in [2.75, 3.05) is 6.54 Å². The van der Waals surface area contributed by atoms with Crippen LogP contribution in [0.5, 0.6) is 0 Å². The molecule has 11 nitrogen and oxygen atoms in total. The molecule has 1 aliphatic carbocycles. The first-order chi connectivity index (χ1) is 19.3. The lowest BCUT2D eigenvalue weighted by molar-refractivity contribution is -0.142. The lowest BCUT2D eigenvalue weighted by atomic mass is 9.90. The van der Waals surface area contributed by atoms with Gasteiger partial charge in [0.25, 0.3) is 0 Å². The molecule has 4 amide bonds. The molecule has 0 heterocycles. The van der Waals surface area contributed by atoms with Crippen LogP contribution in [0.3, 0.4) is 0 Å². The average molecular weight is 596 g/mol. The van der Waals surface area contributed by atoms with E-state index in [1.807, 2.05) is 20.8 Å². The van der Waals surface area contributed by atoms with E-state index in [0.717, 1.165) is 19.3 Å². The van der Waals surface area contributed by atoms with Crippen LogP contribution in [0, 0.1) is 17.3 Å². The highest BCUT2D eigenvalue weighted by Gasteiger charge is 2.32. The Morgan fingerprint density at radius 2 is 1.50 bits per heavy atom. The maximum absolute atomic E-state index is 12.9. The number of aliphatic carboxylic acids is 1. The van der Waals surface area contributed by atoms with Crippen LogP contribution in [0.25, 0.3) is 0 Å². The molecule has 0 aromatic carbocycles. The maximum atomic E-state index is 12.9. The summed E-state index contributed by atoms with van der Waals surface area (Å²) < 4.78 is 0. The van der Waals surface area contributed by atoms with Gasteiger partial charge in [0, 0.05) is 30.5 Å². The van der Waals surface area contributed by atoms with Gasteiger partial charge in [-0.25, -0.2) is 4.79 Å². The van der Waals surface area contributed by atoms with Crippen LogP contribution in [0.1, 0.15) is 114 Å². The van der Waals surface area contributed by atoms with Crippen LogP contribution in [0.2, 0.25) is 0 Å². The number of carboxylic acids is 1. The quantitative estimate of drug-likeness (QED) is 0.149. The molecule has 0 aromatic rings. The molecule has 0 unspecified atom stereocenters. The molecular weight excluding hydrogens is 538 g/mol. The van der Waals surface area contributed by atoms with Gasteiger partial charge in [0.2, 0.25) is 23.6 Å². The number of hydrogen-bond acceptors (Lipinski definition) is 6. The van der Waals surface area contributed by atoms with Crippen LogP contribution >= 0.6 is 0 Å². The van der Waals surface area contributed by atoms with Gasteiger partial charge < -0.3 is 31.7 Å². The van der Waals surface area contributed by atoms with Gasteiger partial charge in [-0.15, -0.1) is 0 Å². The van der Waals surface area contributed by atoms with Gasteiger partial charge in [-0.05, 0) is 84.0 Å². The molecule has 0 radical (unpaired) electrons. The van der Waals surface area contributed by atoms with Crippen molar-refractivity contribution in [2.45, 2.75) is 143 Å². The second-order valence-corrected chi connectivity index (χ2v) is 14.4. The predicted octanol–water partition coefficient (Wildman–Crippen LogP) is 2.87. The van der Waals surface area contributed by atoms with Gasteiger partial charge in [0.1, 0.15) is 18.1 Å². The molecule has 6 N–H and O–H groups in total. The predicted molar refractivity (Wildman–Crippen MR) is 164 cm³/mol. The fraction of sp³-hybridized carbons (Fsp3) is 0.839. The first-order valence-electron chi connectivity index (χ1n) is 15.5. The van der Waals surface area contributed by atoms with E-state index in [1.165, 1.54) is 6.92 Å². The SMILES string of the molecule is CC(C)[C@H](NC(=O)CCC(C)(C)C)C(=O)N[C@@H](C)C(=O)N[C@@H](CCCCNC(=O)[C@@H]1CC[C@H](NC(C)(C)C)C1)C(=O)O. The molecular formula is C31H57N5O6. The summed E-state index contributed by atoms with van der Waals surface area (Å²) in [7, 11) is 0. The maximum Gasteiger partial charge on any atom is 0.326 e. The van der Waals surface area contributed by atoms with Crippen molar-refractivity contribution in [1.29, 1.82) is 0 Å². The normalized spacial score (nSPS) is 19.5. The molecule has 11 heteroatoms. The number of hydrogen-bond donors (Lipinski definition) is 6. The Balaban J connectivity index is 2.47. The summed E-state index contributed by atoms with van der Waals surface area (Å²) in [5.41, 5.74) is -0.00709. The molecule has 242 valence electrons. The Morgan fingerprint density at radius 3 is 2.05 bits per heavy atom. The molecule has 5 atom stereocenters. The Hall–Kier alpha value is -2.69. The smallest absolute Gasteiger partial charge is 0.326 e. The Labute approximate surface area is 252 Å².